The topological polar surface area (TPSA) is 72.2 Å². The van der Waals surface area contributed by atoms with Gasteiger partial charge in [0, 0.05) is 17.6 Å². The molecule has 0 atom stereocenters. The van der Waals surface area contributed by atoms with Crippen molar-refractivity contribution in [3.63, 3.8) is 0 Å². The van der Waals surface area contributed by atoms with Gasteiger partial charge in [-0.25, -0.2) is 13.1 Å². The molecule has 0 aliphatic heterocycles. The molecule has 0 aliphatic rings. The van der Waals surface area contributed by atoms with E-state index < -0.39 is 10.0 Å². The lowest BCUT2D eigenvalue weighted by Crippen LogP contribution is -2.33. The van der Waals surface area contributed by atoms with Crippen molar-refractivity contribution in [2.45, 2.75) is 31.4 Å². The van der Waals surface area contributed by atoms with Crippen LogP contribution >= 0.6 is 11.3 Å². The average Bonchev–Trinajstić information content (AvgIpc) is 2.63. The van der Waals surface area contributed by atoms with Crippen molar-refractivity contribution in [3.8, 4) is 0 Å². The zero-order valence-corrected chi connectivity index (χ0v) is 11.4. The minimum absolute atomic E-state index is 0.0319. The summed E-state index contributed by atoms with van der Waals surface area (Å²) in [7, 11) is -3.39. The fourth-order valence-electron chi connectivity index (χ4n) is 0.958. The van der Waals surface area contributed by atoms with Crippen LogP contribution in [0, 0.1) is 5.41 Å². The molecule has 0 saturated heterocycles. The van der Waals surface area contributed by atoms with E-state index in [9.17, 15) is 8.42 Å². The standard InChI is InChI=1S/C10H18N2O2S2/c1-4-10(2,3)7-12-16(13,14)9-5-8(11)6-15-9/h5-6,12H,4,7,11H2,1-3H3. The van der Waals surface area contributed by atoms with Crippen LogP contribution in [-0.4, -0.2) is 15.0 Å². The van der Waals surface area contributed by atoms with Crippen molar-refractivity contribution >= 4 is 27.0 Å². The van der Waals surface area contributed by atoms with Crippen molar-refractivity contribution in [2.75, 3.05) is 12.3 Å². The lowest BCUT2D eigenvalue weighted by molar-refractivity contribution is 0.350. The van der Waals surface area contributed by atoms with E-state index in [-0.39, 0.29) is 9.62 Å². The number of hydrogen-bond donors (Lipinski definition) is 2. The summed E-state index contributed by atoms with van der Waals surface area (Å²) in [6.45, 7) is 6.53. The highest BCUT2D eigenvalue weighted by molar-refractivity contribution is 7.91. The summed E-state index contributed by atoms with van der Waals surface area (Å²) in [6.07, 6.45) is 0.919. The number of nitrogens with two attached hydrogens (primary N) is 1. The number of nitrogen functional groups attached to an aromatic ring is 1. The van der Waals surface area contributed by atoms with Crippen LogP contribution in [0.2, 0.25) is 0 Å². The molecule has 0 saturated carbocycles. The maximum atomic E-state index is 11.9. The molecule has 1 aromatic rings. The molecule has 0 amide bonds. The van der Waals surface area contributed by atoms with Crippen LogP contribution < -0.4 is 10.5 Å². The molecule has 0 unspecified atom stereocenters. The first-order valence-electron chi connectivity index (χ1n) is 5.10. The Bertz CT molecular complexity index is 449. The lowest BCUT2D eigenvalue weighted by atomic mass is 9.91. The van der Waals surface area contributed by atoms with E-state index in [1.54, 1.807) is 5.38 Å². The van der Waals surface area contributed by atoms with Crippen LogP contribution in [0.25, 0.3) is 0 Å². The lowest BCUT2D eigenvalue weighted by Gasteiger charge is -2.22. The second kappa shape index (κ2) is 4.73. The molecule has 1 aromatic heterocycles. The largest absolute Gasteiger partial charge is 0.398 e. The van der Waals surface area contributed by atoms with Crippen molar-refractivity contribution in [3.05, 3.63) is 11.4 Å². The third-order valence-corrected chi connectivity index (χ3v) is 5.42. The van der Waals surface area contributed by atoms with Gasteiger partial charge in [-0.1, -0.05) is 20.8 Å². The number of thiophene rings is 1. The molecular formula is C10H18N2O2S2. The van der Waals surface area contributed by atoms with E-state index in [0.29, 0.717) is 12.2 Å². The first kappa shape index (κ1) is 13.5. The van der Waals surface area contributed by atoms with Gasteiger partial charge in [0.05, 0.1) is 0 Å². The van der Waals surface area contributed by atoms with Gasteiger partial charge in [0.25, 0.3) is 0 Å². The molecule has 0 bridgehead atoms. The molecule has 92 valence electrons. The molecule has 0 radical (unpaired) electrons. The highest BCUT2D eigenvalue weighted by Crippen LogP contribution is 2.23. The summed E-state index contributed by atoms with van der Waals surface area (Å²) in [5, 5.41) is 1.62. The Balaban J connectivity index is 2.74. The normalized spacial score (nSPS) is 12.9. The Morgan fingerprint density at radius 3 is 2.56 bits per heavy atom. The molecule has 0 aliphatic carbocycles. The van der Waals surface area contributed by atoms with Crippen molar-refractivity contribution in [1.82, 2.24) is 4.72 Å². The Morgan fingerprint density at radius 1 is 1.50 bits per heavy atom. The van der Waals surface area contributed by atoms with Gasteiger partial charge in [0.2, 0.25) is 10.0 Å². The highest BCUT2D eigenvalue weighted by Gasteiger charge is 2.21. The van der Waals surface area contributed by atoms with Crippen molar-refractivity contribution in [1.29, 1.82) is 0 Å². The molecule has 1 heterocycles. The number of anilines is 1. The van der Waals surface area contributed by atoms with Crippen LogP contribution in [0.5, 0.6) is 0 Å². The zero-order chi connectivity index (χ0) is 12.4. The smallest absolute Gasteiger partial charge is 0.250 e. The summed E-state index contributed by atoms with van der Waals surface area (Å²) in [5.74, 6) is 0. The van der Waals surface area contributed by atoms with Gasteiger partial charge < -0.3 is 5.73 Å². The van der Waals surface area contributed by atoms with E-state index in [1.807, 2.05) is 20.8 Å². The van der Waals surface area contributed by atoms with E-state index >= 15 is 0 Å². The molecule has 4 nitrogen and oxygen atoms in total. The molecular weight excluding hydrogens is 244 g/mol. The number of hydrogen-bond acceptors (Lipinski definition) is 4. The average molecular weight is 262 g/mol. The summed E-state index contributed by atoms with van der Waals surface area (Å²) in [5.41, 5.74) is 5.96. The van der Waals surface area contributed by atoms with Crippen LogP contribution in [0.1, 0.15) is 27.2 Å². The van der Waals surface area contributed by atoms with E-state index in [4.69, 9.17) is 5.73 Å². The zero-order valence-electron chi connectivity index (χ0n) is 9.78. The minimum Gasteiger partial charge on any atom is -0.398 e. The van der Waals surface area contributed by atoms with Crippen LogP contribution in [0.4, 0.5) is 5.69 Å². The van der Waals surface area contributed by atoms with Crippen LogP contribution in [-0.2, 0) is 10.0 Å². The predicted molar refractivity (Wildman–Crippen MR) is 68.0 cm³/mol. The summed E-state index contributed by atoms with van der Waals surface area (Å²) >= 11 is 1.14. The van der Waals surface area contributed by atoms with Gasteiger partial charge >= 0.3 is 0 Å². The van der Waals surface area contributed by atoms with E-state index in [2.05, 4.69) is 4.72 Å². The van der Waals surface area contributed by atoms with Crippen LogP contribution in [0.3, 0.4) is 0 Å². The van der Waals surface area contributed by atoms with Gasteiger partial charge in [-0.05, 0) is 17.9 Å². The molecule has 1 rings (SSSR count). The fourth-order valence-corrected chi connectivity index (χ4v) is 3.32. The quantitative estimate of drug-likeness (QED) is 0.853. The fraction of sp³-hybridized carbons (Fsp3) is 0.600. The van der Waals surface area contributed by atoms with Crippen LogP contribution in [0.15, 0.2) is 15.7 Å². The predicted octanol–water partition coefficient (Wildman–Crippen LogP) is 2.04. The Hall–Kier alpha value is -0.590. The second-order valence-electron chi connectivity index (χ2n) is 4.54. The van der Waals surface area contributed by atoms with Crippen molar-refractivity contribution < 1.29 is 8.42 Å². The monoisotopic (exact) mass is 262 g/mol. The SMILES string of the molecule is CCC(C)(C)CNS(=O)(=O)c1cc(N)cs1. The Kier molecular flexibility index (Phi) is 3.98. The summed E-state index contributed by atoms with van der Waals surface area (Å²) < 4.78 is 26.6. The first-order chi connectivity index (χ1) is 7.27. The molecule has 0 aromatic carbocycles. The van der Waals surface area contributed by atoms with Gasteiger partial charge in [-0.2, -0.15) is 0 Å². The molecule has 0 fully saturated rings. The van der Waals surface area contributed by atoms with Gasteiger partial charge in [-0.15, -0.1) is 11.3 Å². The first-order valence-corrected chi connectivity index (χ1v) is 7.47. The highest BCUT2D eigenvalue weighted by atomic mass is 32.2. The molecule has 3 N–H and O–H groups in total. The number of nitrogens with one attached hydrogen (secondary N) is 1. The number of sulfonamides is 1. The minimum atomic E-state index is -3.39. The third-order valence-electron chi connectivity index (χ3n) is 2.56. The van der Waals surface area contributed by atoms with E-state index in [0.717, 1.165) is 17.8 Å². The Morgan fingerprint density at radius 2 is 2.12 bits per heavy atom. The van der Waals surface area contributed by atoms with Gasteiger partial charge in [0.15, 0.2) is 0 Å². The second-order valence-corrected chi connectivity index (χ2v) is 7.45. The number of rotatable bonds is 5. The maximum Gasteiger partial charge on any atom is 0.250 e. The maximum absolute atomic E-state index is 11.9. The van der Waals surface area contributed by atoms with Crippen molar-refractivity contribution in [2.24, 2.45) is 5.41 Å². The molecule has 16 heavy (non-hydrogen) atoms. The third kappa shape index (κ3) is 3.47. The Labute approximate surface area is 101 Å². The molecule has 0 spiro atoms. The molecule has 6 heteroatoms. The summed E-state index contributed by atoms with van der Waals surface area (Å²) in [4.78, 5) is 0. The van der Waals surface area contributed by atoms with Gasteiger partial charge in [0.1, 0.15) is 4.21 Å². The van der Waals surface area contributed by atoms with Gasteiger partial charge in [-0.3, -0.25) is 0 Å². The van der Waals surface area contributed by atoms with E-state index in [1.165, 1.54) is 6.07 Å². The summed E-state index contributed by atoms with van der Waals surface area (Å²) in [6, 6.07) is 1.48.